The molecule has 1 atom stereocenters. The summed E-state index contributed by atoms with van der Waals surface area (Å²) in [6.07, 6.45) is -1.10. The first-order valence-electron chi connectivity index (χ1n) is 4.47. The predicted octanol–water partition coefficient (Wildman–Crippen LogP) is 1.75. The molecule has 0 radical (unpaired) electrons. The quantitative estimate of drug-likeness (QED) is 0.748. The molecule has 1 aromatic rings. The van der Waals surface area contributed by atoms with E-state index in [1.807, 2.05) is 0 Å². The lowest BCUT2D eigenvalue weighted by atomic mass is 10.3. The van der Waals surface area contributed by atoms with Crippen LogP contribution in [0, 0.1) is 5.82 Å². The van der Waals surface area contributed by atoms with Gasteiger partial charge >= 0.3 is 6.09 Å². The average Bonchev–Trinajstić information content (AvgIpc) is 2.60. The van der Waals surface area contributed by atoms with Gasteiger partial charge in [0.05, 0.1) is 12.2 Å². The highest BCUT2D eigenvalue weighted by Crippen LogP contribution is 2.22. The van der Waals surface area contributed by atoms with Crippen molar-refractivity contribution in [2.45, 2.75) is 6.29 Å². The zero-order valence-electron chi connectivity index (χ0n) is 8.14. The van der Waals surface area contributed by atoms with Crippen molar-refractivity contribution in [3.8, 4) is 0 Å². The van der Waals surface area contributed by atoms with Crippen LogP contribution in [0.2, 0.25) is 0 Å². The fraction of sp³-hybridized carbons (Fsp3) is 0.300. The summed E-state index contributed by atoms with van der Waals surface area (Å²) >= 11 is 0. The molecule has 0 spiro atoms. The zero-order chi connectivity index (χ0) is 10.8. The molecule has 0 bridgehead atoms. The summed E-state index contributed by atoms with van der Waals surface area (Å²) in [7, 11) is 1.45. The van der Waals surface area contributed by atoms with E-state index in [0.29, 0.717) is 5.69 Å². The Kier molecular flexibility index (Phi) is 2.55. The number of nitrogens with zero attached hydrogens (tertiary/aromatic N) is 1. The van der Waals surface area contributed by atoms with Gasteiger partial charge in [0.25, 0.3) is 0 Å². The van der Waals surface area contributed by atoms with Gasteiger partial charge in [-0.1, -0.05) is 6.07 Å². The largest absolute Gasteiger partial charge is 0.417 e. The zero-order valence-corrected chi connectivity index (χ0v) is 8.14. The number of cyclic esters (lactones) is 1. The number of hydrogen-bond acceptors (Lipinski definition) is 3. The number of methoxy groups -OCH3 is 1. The van der Waals surface area contributed by atoms with E-state index in [0.717, 1.165) is 0 Å². The first-order chi connectivity index (χ1) is 7.20. The number of benzene rings is 1. The molecular formula is C10H10FNO3. The number of halogens is 1. The van der Waals surface area contributed by atoms with E-state index >= 15 is 0 Å². The van der Waals surface area contributed by atoms with Crippen molar-refractivity contribution in [2.24, 2.45) is 0 Å². The monoisotopic (exact) mass is 211 g/mol. The molecule has 1 heterocycles. The summed E-state index contributed by atoms with van der Waals surface area (Å²) in [6.45, 7) is 0.277. The topological polar surface area (TPSA) is 38.8 Å². The molecular weight excluding hydrogens is 201 g/mol. The van der Waals surface area contributed by atoms with Crippen molar-refractivity contribution in [1.82, 2.24) is 0 Å². The van der Waals surface area contributed by atoms with Crippen molar-refractivity contribution >= 4 is 11.8 Å². The Morgan fingerprint density at radius 3 is 3.00 bits per heavy atom. The Hall–Kier alpha value is -1.62. The van der Waals surface area contributed by atoms with E-state index in [-0.39, 0.29) is 12.4 Å². The van der Waals surface area contributed by atoms with Crippen LogP contribution in [0.1, 0.15) is 0 Å². The lowest BCUT2D eigenvalue weighted by Gasteiger charge is -2.11. The van der Waals surface area contributed by atoms with Gasteiger partial charge in [-0.15, -0.1) is 0 Å². The molecule has 0 aliphatic carbocycles. The van der Waals surface area contributed by atoms with Gasteiger partial charge in [-0.25, -0.2) is 9.18 Å². The SMILES string of the molecule is CO[C@H]1CN(c2cccc(F)c2)C(=O)O1. The third-order valence-corrected chi connectivity index (χ3v) is 2.17. The Morgan fingerprint density at radius 1 is 1.60 bits per heavy atom. The number of anilines is 1. The van der Waals surface area contributed by atoms with Crippen LogP contribution in [0.15, 0.2) is 24.3 Å². The molecule has 1 saturated heterocycles. The van der Waals surface area contributed by atoms with E-state index in [1.54, 1.807) is 6.07 Å². The van der Waals surface area contributed by atoms with Crippen molar-refractivity contribution < 1.29 is 18.7 Å². The molecule has 1 aliphatic heterocycles. The number of carbonyl (C=O) groups excluding carboxylic acids is 1. The molecule has 1 amide bonds. The molecule has 2 rings (SSSR count). The second-order valence-electron chi connectivity index (χ2n) is 3.14. The van der Waals surface area contributed by atoms with Crippen molar-refractivity contribution in [1.29, 1.82) is 0 Å². The molecule has 0 saturated carbocycles. The van der Waals surface area contributed by atoms with Crippen LogP contribution < -0.4 is 4.90 Å². The fourth-order valence-electron chi connectivity index (χ4n) is 1.41. The molecule has 80 valence electrons. The first-order valence-corrected chi connectivity index (χ1v) is 4.47. The van der Waals surface area contributed by atoms with E-state index < -0.39 is 12.4 Å². The van der Waals surface area contributed by atoms with Crippen LogP contribution >= 0.6 is 0 Å². The molecule has 0 unspecified atom stereocenters. The summed E-state index contributed by atoms with van der Waals surface area (Å²) in [6, 6.07) is 5.78. The summed E-state index contributed by atoms with van der Waals surface area (Å²) in [5, 5.41) is 0. The smallest absolute Gasteiger partial charge is 0.416 e. The number of carbonyl (C=O) groups is 1. The molecule has 1 fully saturated rings. The van der Waals surface area contributed by atoms with Gasteiger partial charge in [0.1, 0.15) is 5.82 Å². The number of amides is 1. The maximum atomic E-state index is 12.9. The Labute approximate surface area is 86.2 Å². The lowest BCUT2D eigenvalue weighted by Crippen LogP contribution is -2.24. The van der Waals surface area contributed by atoms with Crippen molar-refractivity contribution in [3.63, 3.8) is 0 Å². The standard InChI is InChI=1S/C10H10FNO3/c1-14-9-6-12(10(13)15-9)8-4-2-3-7(11)5-8/h2-5,9H,6H2,1H3/t9-/m1/s1. The van der Waals surface area contributed by atoms with Gasteiger partial charge in [0, 0.05) is 7.11 Å². The van der Waals surface area contributed by atoms with Crippen LogP contribution in [0.4, 0.5) is 14.9 Å². The molecule has 1 aliphatic rings. The van der Waals surface area contributed by atoms with E-state index in [2.05, 4.69) is 0 Å². The maximum Gasteiger partial charge on any atom is 0.416 e. The van der Waals surface area contributed by atoms with E-state index in [4.69, 9.17) is 9.47 Å². The maximum absolute atomic E-state index is 12.9. The third kappa shape index (κ3) is 1.92. The summed E-state index contributed by atoms with van der Waals surface area (Å²) in [5.41, 5.74) is 0.472. The second-order valence-corrected chi connectivity index (χ2v) is 3.14. The number of rotatable bonds is 2. The van der Waals surface area contributed by atoms with Crippen molar-refractivity contribution in [2.75, 3.05) is 18.6 Å². The van der Waals surface area contributed by atoms with Gasteiger partial charge < -0.3 is 9.47 Å². The molecule has 5 heteroatoms. The van der Waals surface area contributed by atoms with Crippen LogP contribution in [0.25, 0.3) is 0 Å². The average molecular weight is 211 g/mol. The molecule has 0 N–H and O–H groups in total. The first kappa shape index (κ1) is 9.92. The van der Waals surface area contributed by atoms with Crippen LogP contribution in [0.5, 0.6) is 0 Å². The Balaban J connectivity index is 2.21. The number of hydrogen-bond donors (Lipinski definition) is 0. The summed E-state index contributed by atoms with van der Waals surface area (Å²) in [4.78, 5) is 12.7. The van der Waals surface area contributed by atoms with Crippen LogP contribution in [-0.2, 0) is 9.47 Å². The normalized spacial score (nSPS) is 20.5. The minimum Gasteiger partial charge on any atom is -0.417 e. The van der Waals surface area contributed by atoms with E-state index in [1.165, 1.54) is 30.2 Å². The molecule has 1 aromatic carbocycles. The second kappa shape index (κ2) is 3.86. The summed E-state index contributed by atoms with van der Waals surface area (Å²) < 4.78 is 22.7. The fourth-order valence-corrected chi connectivity index (χ4v) is 1.41. The lowest BCUT2D eigenvalue weighted by molar-refractivity contribution is -0.0488. The van der Waals surface area contributed by atoms with Gasteiger partial charge in [-0.3, -0.25) is 4.90 Å². The Morgan fingerprint density at radius 2 is 2.40 bits per heavy atom. The van der Waals surface area contributed by atoms with Gasteiger partial charge in [-0.05, 0) is 18.2 Å². The van der Waals surface area contributed by atoms with Gasteiger partial charge in [0.2, 0.25) is 6.29 Å². The number of ether oxygens (including phenoxy) is 2. The Bertz CT molecular complexity index is 383. The predicted molar refractivity (Wildman–Crippen MR) is 51.0 cm³/mol. The van der Waals surface area contributed by atoms with Gasteiger partial charge in [0.15, 0.2) is 0 Å². The summed E-state index contributed by atoms with van der Waals surface area (Å²) in [5.74, 6) is -0.388. The highest BCUT2D eigenvalue weighted by atomic mass is 19.1. The van der Waals surface area contributed by atoms with Crippen molar-refractivity contribution in [3.05, 3.63) is 30.1 Å². The third-order valence-electron chi connectivity index (χ3n) is 2.17. The van der Waals surface area contributed by atoms with E-state index in [9.17, 15) is 9.18 Å². The highest BCUT2D eigenvalue weighted by molar-refractivity contribution is 5.89. The van der Waals surface area contributed by atoms with Crippen LogP contribution in [-0.4, -0.2) is 26.0 Å². The highest BCUT2D eigenvalue weighted by Gasteiger charge is 2.32. The molecule has 15 heavy (non-hydrogen) atoms. The van der Waals surface area contributed by atoms with Crippen LogP contribution in [0.3, 0.4) is 0 Å². The minimum absolute atomic E-state index is 0.277. The van der Waals surface area contributed by atoms with Gasteiger partial charge in [-0.2, -0.15) is 0 Å². The molecule has 0 aromatic heterocycles. The minimum atomic E-state index is -0.583. The molecule has 4 nitrogen and oxygen atoms in total.